The summed E-state index contributed by atoms with van der Waals surface area (Å²) in [5.41, 5.74) is 6.75. The molecule has 0 amide bonds. The van der Waals surface area contributed by atoms with Crippen LogP contribution in [-0.2, 0) is 20.1 Å². The molecule has 0 spiro atoms. The summed E-state index contributed by atoms with van der Waals surface area (Å²) in [7, 11) is -1.23. The van der Waals surface area contributed by atoms with E-state index in [-0.39, 0.29) is 20.1 Å². The smallest absolute Gasteiger partial charge is 0.121 e. The first-order chi connectivity index (χ1) is 23.3. The van der Waals surface area contributed by atoms with Gasteiger partial charge < -0.3 is 14.4 Å². The van der Waals surface area contributed by atoms with Gasteiger partial charge in [-0.2, -0.15) is 0 Å². The maximum atomic E-state index is 6.48. The van der Waals surface area contributed by atoms with Crippen molar-refractivity contribution in [3.05, 3.63) is 151 Å². The molecule has 0 aliphatic heterocycles. The zero-order valence-corrected chi connectivity index (χ0v) is 31.2. The Morgan fingerprint density at radius 3 is 1.86 bits per heavy atom. The van der Waals surface area contributed by atoms with Crippen LogP contribution in [0.4, 0.5) is 0 Å². The normalized spacial score (nSPS) is 11.5. The fourth-order valence-electron chi connectivity index (χ4n) is 6.55. The molecule has 9 aromatic rings. The van der Waals surface area contributed by atoms with Gasteiger partial charge in [-0.15, -0.1) is 54.1 Å². The molecule has 0 saturated heterocycles. The van der Waals surface area contributed by atoms with Gasteiger partial charge in [0.2, 0.25) is 0 Å². The quantitative estimate of drug-likeness (QED) is 0.101. The first-order valence-corrected chi connectivity index (χ1v) is 19.8. The molecule has 1 radical (unpaired) electrons. The number of aryl methyl sites for hydroxylation is 1. The van der Waals surface area contributed by atoms with Gasteiger partial charge >= 0.3 is 0 Å². The third-order valence-electron chi connectivity index (χ3n) is 9.08. The number of pyridine rings is 2. The number of nitrogens with zero attached hydrogens (tertiary/aromatic N) is 2. The van der Waals surface area contributed by atoms with Gasteiger partial charge in [-0.1, -0.05) is 103 Å². The van der Waals surface area contributed by atoms with Gasteiger partial charge in [0.25, 0.3) is 0 Å². The van der Waals surface area contributed by atoms with E-state index in [1.54, 1.807) is 0 Å². The Hall–Kier alpha value is -4.93. The third-order valence-corrected chi connectivity index (χ3v) is 11.1. The van der Waals surface area contributed by atoms with Gasteiger partial charge in [0, 0.05) is 37.9 Å². The monoisotopic (exact) mass is 827 g/mol. The average Bonchev–Trinajstić information content (AvgIpc) is 3.49. The second-order valence-electron chi connectivity index (χ2n) is 13.4. The zero-order chi connectivity index (χ0) is 32.8. The molecule has 0 atom stereocenters. The van der Waals surface area contributed by atoms with Crippen molar-refractivity contribution in [3.63, 3.8) is 0 Å². The van der Waals surface area contributed by atoms with E-state index in [2.05, 4.69) is 134 Å². The summed E-state index contributed by atoms with van der Waals surface area (Å²) < 4.78 is 6.48. The van der Waals surface area contributed by atoms with Crippen LogP contribution in [0.2, 0.25) is 19.6 Å². The Morgan fingerprint density at radius 1 is 0.571 bits per heavy atom. The predicted octanol–water partition coefficient (Wildman–Crippen LogP) is 11.3. The predicted molar refractivity (Wildman–Crippen MR) is 205 cm³/mol. The molecule has 3 nitrogen and oxygen atoms in total. The van der Waals surface area contributed by atoms with Crippen LogP contribution < -0.4 is 5.19 Å². The Kier molecular flexibility index (Phi) is 8.76. The van der Waals surface area contributed by atoms with Crippen LogP contribution in [0.5, 0.6) is 0 Å². The van der Waals surface area contributed by atoms with E-state index < -0.39 is 8.07 Å². The number of benzene rings is 6. The molecule has 0 aliphatic rings. The van der Waals surface area contributed by atoms with Gasteiger partial charge in [-0.25, -0.2) is 0 Å². The molecule has 0 bridgehead atoms. The molecular formula is C44H34IrN2OSi-2. The number of hydrogen-bond donors (Lipinski definition) is 0. The van der Waals surface area contributed by atoms with E-state index in [4.69, 9.17) is 4.42 Å². The van der Waals surface area contributed by atoms with Crippen LogP contribution in [0, 0.1) is 19.1 Å². The molecule has 49 heavy (non-hydrogen) atoms. The molecule has 0 N–H and O–H groups in total. The number of aromatic nitrogens is 2. The van der Waals surface area contributed by atoms with Crippen LogP contribution in [0.15, 0.2) is 138 Å². The summed E-state index contributed by atoms with van der Waals surface area (Å²) in [6.07, 6.45) is 3.86. The summed E-state index contributed by atoms with van der Waals surface area (Å²) in [5.74, 6) is 0. The van der Waals surface area contributed by atoms with Crippen LogP contribution >= 0.6 is 0 Å². The van der Waals surface area contributed by atoms with Gasteiger partial charge in [0.05, 0.1) is 13.7 Å². The molecule has 0 fully saturated rings. The number of hydrogen-bond acceptors (Lipinski definition) is 3. The van der Waals surface area contributed by atoms with Crippen LogP contribution in [0.25, 0.3) is 76.8 Å². The molecule has 5 heteroatoms. The molecule has 0 aliphatic carbocycles. The van der Waals surface area contributed by atoms with Crippen LogP contribution in [-0.4, -0.2) is 18.0 Å². The van der Waals surface area contributed by atoms with Crippen molar-refractivity contribution < 1.29 is 24.5 Å². The summed E-state index contributed by atoms with van der Waals surface area (Å²) in [4.78, 5) is 9.09. The Labute approximate surface area is 301 Å². The minimum absolute atomic E-state index is 0. The first kappa shape index (κ1) is 32.6. The fourth-order valence-corrected chi connectivity index (χ4v) is 7.59. The fraction of sp³-hybridized carbons (Fsp3) is 0.0909. The molecule has 3 heterocycles. The Balaban J connectivity index is 0.000000189. The third kappa shape index (κ3) is 6.11. The second kappa shape index (κ2) is 13.2. The largest absolute Gasteiger partial charge is 0.501 e. The number of rotatable bonds is 3. The second-order valence-corrected chi connectivity index (χ2v) is 18.4. The van der Waals surface area contributed by atoms with E-state index in [0.29, 0.717) is 0 Å². The van der Waals surface area contributed by atoms with Gasteiger partial charge in [-0.3, -0.25) is 0 Å². The molecule has 3 aromatic heterocycles. The summed E-state index contributed by atoms with van der Waals surface area (Å²) in [6.45, 7) is 9.07. The van der Waals surface area contributed by atoms with Crippen LogP contribution in [0.1, 0.15) is 5.56 Å². The van der Waals surface area contributed by atoms with Crippen molar-refractivity contribution in [2.24, 2.45) is 0 Å². The number of furan rings is 1. The number of fused-ring (bicyclic) bond motifs is 9. The van der Waals surface area contributed by atoms with Crippen molar-refractivity contribution in [3.8, 4) is 22.5 Å². The minimum Gasteiger partial charge on any atom is -0.501 e. The van der Waals surface area contributed by atoms with Crippen LogP contribution in [0.3, 0.4) is 0 Å². The summed E-state index contributed by atoms with van der Waals surface area (Å²) >= 11 is 0. The SMILES string of the molecule is C[Si](C)(C)c1ccc(-c2[c-]cccc2)nc1.Cc1ccnc(-c2[c-]ccc3c2oc2cc4c5ccccc5c5ccccc5c4cc23)c1.[Ir]. The zero-order valence-electron chi connectivity index (χ0n) is 27.8. The topological polar surface area (TPSA) is 38.9 Å². The standard InChI is InChI=1S/C30H18NO.C14H16NSi.Ir/c1-18-13-14-31-28(15-18)24-12-6-11-23-27-16-25-21-9-4-2-7-19(21)20-8-3-5-10-22(20)26(25)17-29(27)32-30(23)24;1-16(2,3)13-9-10-14(15-11-13)12-7-5-4-6-8-12;/h2-11,13-17H,1H3;4-7,9-11H,1-3H3;/q2*-1;. The Bertz CT molecular complexity index is 2610. The van der Waals surface area contributed by atoms with Crippen molar-refractivity contribution in [1.82, 2.24) is 9.97 Å². The molecule has 6 aromatic carbocycles. The van der Waals surface area contributed by atoms with Gasteiger partial charge in [-0.05, 0) is 74.0 Å². The summed E-state index contributed by atoms with van der Waals surface area (Å²) in [6, 6.07) is 48.7. The average molecular weight is 827 g/mol. The van der Waals surface area contributed by atoms with Crippen molar-refractivity contribution in [2.75, 3.05) is 0 Å². The molecule has 9 rings (SSSR count). The molecule has 241 valence electrons. The van der Waals surface area contributed by atoms with E-state index in [1.807, 2.05) is 48.8 Å². The van der Waals surface area contributed by atoms with E-state index >= 15 is 0 Å². The molecule has 0 unspecified atom stereocenters. The minimum atomic E-state index is -1.23. The van der Waals surface area contributed by atoms with Gasteiger partial charge in [0.1, 0.15) is 5.58 Å². The maximum absolute atomic E-state index is 6.48. The molecule has 0 saturated carbocycles. The van der Waals surface area contributed by atoms with Gasteiger partial charge in [0.15, 0.2) is 0 Å². The Morgan fingerprint density at radius 2 is 1.24 bits per heavy atom. The summed E-state index contributed by atoms with van der Waals surface area (Å²) in [5, 5.41) is 11.1. The first-order valence-electron chi connectivity index (χ1n) is 16.3. The van der Waals surface area contributed by atoms with E-state index in [9.17, 15) is 0 Å². The maximum Gasteiger partial charge on any atom is 0.121 e. The van der Waals surface area contributed by atoms with Crippen molar-refractivity contribution >= 4 is 67.5 Å². The van der Waals surface area contributed by atoms with E-state index in [1.165, 1.54) is 43.1 Å². The molecular weight excluding hydrogens is 793 g/mol. The van der Waals surface area contributed by atoms with Crippen molar-refractivity contribution in [1.29, 1.82) is 0 Å². The van der Waals surface area contributed by atoms with E-state index in [0.717, 1.165) is 44.5 Å². The van der Waals surface area contributed by atoms with Crippen molar-refractivity contribution in [2.45, 2.75) is 26.6 Å².